The molecule has 1 aliphatic heterocycles. The van der Waals surface area contributed by atoms with Crippen molar-refractivity contribution in [2.45, 2.75) is 18.4 Å². The van der Waals surface area contributed by atoms with E-state index < -0.39 is 10.0 Å². The maximum atomic E-state index is 13.8. The van der Waals surface area contributed by atoms with Crippen molar-refractivity contribution in [2.75, 3.05) is 32.8 Å². The van der Waals surface area contributed by atoms with Gasteiger partial charge in [-0.1, -0.05) is 18.2 Å². The van der Waals surface area contributed by atoms with Crippen LogP contribution >= 0.6 is 0 Å². The quantitative estimate of drug-likeness (QED) is 0.824. The van der Waals surface area contributed by atoms with Crippen molar-refractivity contribution in [1.29, 1.82) is 0 Å². The molecular weight excluding hydrogens is 355 g/mol. The van der Waals surface area contributed by atoms with Gasteiger partial charge < -0.3 is 9.64 Å². The van der Waals surface area contributed by atoms with Crippen LogP contribution in [0.5, 0.6) is 5.75 Å². The number of hydrogen-bond acceptors (Lipinski definition) is 3. The summed E-state index contributed by atoms with van der Waals surface area (Å²) < 4.78 is 46.2. The number of ether oxygens (including phenoxy) is 1. The van der Waals surface area contributed by atoms with Gasteiger partial charge in [0.2, 0.25) is 10.0 Å². The van der Waals surface area contributed by atoms with Crippen LogP contribution in [0, 0.1) is 5.82 Å². The van der Waals surface area contributed by atoms with Crippen LogP contribution in [0.1, 0.15) is 12.5 Å². The number of quaternary nitrogens is 1. The Morgan fingerprint density at radius 2 is 1.73 bits per heavy atom. The number of benzene rings is 2. The van der Waals surface area contributed by atoms with Crippen molar-refractivity contribution in [3.05, 3.63) is 59.9 Å². The molecule has 1 saturated heterocycles. The summed E-state index contributed by atoms with van der Waals surface area (Å²) in [6.45, 7) is 5.17. The molecule has 0 bridgehead atoms. The molecule has 26 heavy (non-hydrogen) atoms. The average molecular weight is 379 g/mol. The van der Waals surface area contributed by atoms with Gasteiger partial charge in [0.15, 0.2) is 0 Å². The van der Waals surface area contributed by atoms with Crippen LogP contribution in [0.4, 0.5) is 4.39 Å². The van der Waals surface area contributed by atoms with Crippen LogP contribution < -0.4 is 9.64 Å². The molecule has 0 aromatic heterocycles. The van der Waals surface area contributed by atoms with Crippen LogP contribution in [0.2, 0.25) is 0 Å². The maximum absolute atomic E-state index is 13.8. The number of rotatable bonds is 6. The van der Waals surface area contributed by atoms with Crippen LogP contribution in [0.15, 0.2) is 53.4 Å². The van der Waals surface area contributed by atoms with E-state index in [4.69, 9.17) is 4.74 Å². The lowest BCUT2D eigenvalue weighted by Crippen LogP contribution is -3.13. The lowest BCUT2D eigenvalue weighted by Gasteiger charge is -2.31. The first-order valence-corrected chi connectivity index (χ1v) is 10.2. The molecule has 0 spiro atoms. The molecule has 0 saturated carbocycles. The summed E-state index contributed by atoms with van der Waals surface area (Å²) in [6, 6.07) is 13.3. The normalized spacial score (nSPS) is 16.5. The van der Waals surface area contributed by atoms with Gasteiger partial charge in [-0.15, -0.1) is 0 Å². The molecule has 2 aromatic rings. The second-order valence-corrected chi connectivity index (χ2v) is 8.26. The van der Waals surface area contributed by atoms with Crippen molar-refractivity contribution in [1.82, 2.24) is 4.31 Å². The van der Waals surface area contributed by atoms with Crippen LogP contribution in [-0.2, 0) is 16.6 Å². The molecule has 140 valence electrons. The second-order valence-electron chi connectivity index (χ2n) is 6.33. The van der Waals surface area contributed by atoms with Gasteiger partial charge in [-0.05, 0) is 37.3 Å². The third kappa shape index (κ3) is 4.23. The second kappa shape index (κ2) is 8.16. The van der Waals surface area contributed by atoms with E-state index in [0.717, 1.165) is 0 Å². The molecule has 3 rings (SSSR count). The van der Waals surface area contributed by atoms with E-state index in [-0.39, 0.29) is 10.7 Å². The topological polar surface area (TPSA) is 51.1 Å². The van der Waals surface area contributed by atoms with E-state index in [0.29, 0.717) is 50.6 Å². The van der Waals surface area contributed by atoms with E-state index in [1.165, 1.54) is 15.3 Å². The van der Waals surface area contributed by atoms with Gasteiger partial charge in [0.25, 0.3) is 0 Å². The monoisotopic (exact) mass is 379 g/mol. The van der Waals surface area contributed by atoms with E-state index in [2.05, 4.69) is 0 Å². The first-order chi connectivity index (χ1) is 12.5. The minimum absolute atomic E-state index is 0.204. The zero-order valence-electron chi connectivity index (χ0n) is 14.8. The Labute approximate surface area is 154 Å². The fraction of sp³-hybridized carbons (Fsp3) is 0.368. The molecular formula is C19H24FN2O3S+. The van der Waals surface area contributed by atoms with E-state index in [1.54, 1.807) is 36.4 Å². The van der Waals surface area contributed by atoms with Gasteiger partial charge in [0, 0.05) is 5.56 Å². The Morgan fingerprint density at radius 3 is 2.35 bits per heavy atom. The molecule has 0 amide bonds. The van der Waals surface area contributed by atoms with E-state index in [9.17, 15) is 12.8 Å². The standard InChI is InChI=1S/C19H23FN2O3S/c1-2-25-17-7-9-18(10-8-17)26(23,24)22-13-11-21(12-14-22)15-16-5-3-4-6-19(16)20/h3-10H,2,11-15H2,1H3/p+1. The lowest BCUT2D eigenvalue weighted by molar-refractivity contribution is -0.917. The summed E-state index contributed by atoms with van der Waals surface area (Å²) in [6.07, 6.45) is 0. The van der Waals surface area contributed by atoms with Gasteiger partial charge in [-0.3, -0.25) is 0 Å². The smallest absolute Gasteiger partial charge is 0.243 e. The number of sulfonamides is 1. The summed E-state index contributed by atoms with van der Waals surface area (Å²) in [4.78, 5) is 1.46. The lowest BCUT2D eigenvalue weighted by atomic mass is 10.2. The fourth-order valence-corrected chi connectivity index (χ4v) is 4.60. The number of piperazine rings is 1. The predicted molar refractivity (Wildman–Crippen MR) is 97.2 cm³/mol. The molecule has 0 unspecified atom stereocenters. The van der Waals surface area contributed by atoms with Crippen molar-refractivity contribution < 1.29 is 22.4 Å². The Morgan fingerprint density at radius 1 is 1.08 bits per heavy atom. The summed E-state index contributed by atoms with van der Waals surface area (Å²) in [5.74, 6) is 0.454. The molecule has 7 heteroatoms. The van der Waals surface area contributed by atoms with Crippen molar-refractivity contribution >= 4 is 10.0 Å². The van der Waals surface area contributed by atoms with Gasteiger partial charge in [-0.2, -0.15) is 4.31 Å². The maximum Gasteiger partial charge on any atom is 0.243 e. The predicted octanol–water partition coefficient (Wildman–Crippen LogP) is 1.31. The summed E-state index contributed by atoms with van der Waals surface area (Å²) in [5, 5.41) is 0. The third-order valence-corrected chi connectivity index (χ3v) is 6.51. The number of halogens is 1. The Kier molecular flexibility index (Phi) is 5.90. The molecule has 0 atom stereocenters. The molecule has 0 aliphatic carbocycles. The highest BCUT2D eigenvalue weighted by Gasteiger charge is 2.30. The number of nitrogens with zero attached hydrogens (tertiary/aromatic N) is 1. The van der Waals surface area contributed by atoms with Crippen molar-refractivity contribution in [3.63, 3.8) is 0 Å². The Hall–Kier alpha value is -1.96. The zero-order chi connectivity index (χ0) is 18.6. The van der Waals surface area contributed by atoms with Gasteiger partial charge >= 0.3 is 0 Å². The van der Waals surface area contributed by atoms with E-state index in [1.807, 2.05) is 13.0 Å². The van der Waals surface area contributed by atoms with Gasteiger partial charge in [-0.25, -0.2) is 12.8 Å². The minimum Gasteiger partial charge on any atom is -0.494 e. The first kappa shape index (κ1) is 18.8. The Bertz CT molecular complexity index is 832. The molecule has 1 heterocycles. The molecule has 0 radical (unpaired) electrons. The van der Waals surface area contributed by atoms with Crippen molar-refractivity contribution in [3.8, 4) is 5.75 Å². The summed E-state index contributed by atoms with van der Waals surface area (Å²) in [5.41, 5.74) is 0.672. The highest BCUT2D eigenvalue weighted by Crippen LogP contribution is 2.19. The molecule has 5 nitrogen and oxygen atoms in total. The van der Waals surface area contributed by atoms with Crippen LogP contribution in [-0.4, -0.2) is 45.5 Å². The van der Waals surface area contributed by atoms with Gasteiger partial charge in [0.1, 0.15) is 18.1 Å². The van der Waals surface area contributed by atoms with E-state index >= 15 is 0 Å². The summed E-state index contributed by atoms with van der Waals surface area (Å²) in [7, 11) is -3.51. The molecule has 2 aromatic carbocycles. The third-order valence-electron chi connectivity index (χ3n) is 4.60. The average Bonchev–Trinajstić information content (AvgIpc) is 2.65. The minimum atomic E-state index is -3.51. The SMILES string of the molecule is CCOc1ccc(S(=O)(=O)N2CC[NH+](Cc3ccccc3F)CC2)cc1. The number of nitrogens with one attached hydrogen (secondary N) is 1. The zero-order valence-corrected chi connectivity index (χ0v) is 15.6. The molecule has 1 fully saturated rings. The number of hydrogen-bond donors (Lipinski definition) is 1. The van der Waals surface area contributed by atoms with Gasteiger partial charge in [0.05, 0.1) is 37.7 Å². The largest absolute Gasteiger partial charge is 0.494 e. The van der Waals surface area contributed by atoms with Crippen LogP contribution in [0.3, 0.4) is 0 Å². The molecule has 1 N–H and O–H groups in total. The summed E-state index contributed by atoms with van der Waals surface area (Å²) >= 11 is 0. The highest BCUT2D eigenvalue weighted by molar-refractivity contribution is 7.89. The molecule has 1 aliphatic rings. The Balaban J connectivity index is 1.62. The fourth-order valence-electron chi connectivity index (χ4n) is 3.15. The van der Waals surface area contributed by atoms with Crippen molar-refractivity contribution in [2.24, 2.45) is 0 Å². The highest BCUT2D eigenvalue weighted by atomic mass is 32.2. The van der Waals surface area contributed by atoms with Crippen LogP contribution in [0.25, 0.3) is 0 Å². The first-order valence-electron chi connectivity index (χ1n) is 8.80.